The summed E-state index contributed by atoms with van der Waals surface area (Å²) in [5.41, 5.74) is 5.22. The number of likely N-dealkylation sites (N-methyl/N-ethyl adjacent to an activating group) is 1. The molecule has 1 amide bonds. The standard InChI is InChI=1S/C12H15BrF2N2O/c1-12(16,8-3-5-9(13)6-4-8)11(18)17(2)7-10(14)15/h3-6,10H,7,16H2,1-2H3. The van der Waals surface area contributed by atoms with Crippen LogP contribution in [0.4, 0.5) is 8.78 Å². The van der Waals surface area contributed by atoms with E-state index >= 15 is 0 Å². The van der Waals surface area contributed by atoms with E-state index in [1.54, 1.807) is 24.3 Å². The van der Waals surface area contributed by atoms with E-state index in [0.717, 1.165) is 9.37 Å². The topological polar surface area (TPSA) is 46.3 Å². The predicted octanol–water partition coefficient (Wildman–Crippen LogP) is 2.35. The number of benzene rings is 1. The van der Waals surface area contributed by atoms with Crippen LogP contribution in [0.2, 0.25) is 0 Å². The van der Waals surface area contributed by atoms with Crippen LogP contribution in [-0.4, -0.2) is 30.8 Å². The molecule has 0 spiro atoms. The molecule has 2 N–H and O–H groups in total. The van der Waals surface area contributed by atoms with Crippen LogP contribution in [0.1, 0.15) is 12.5 Å². The third-order valence-electron chi connectivity index (χ3n) is 2.65. The van der Waals surface area contributed by atoms with Gasteiger partial charge >= 0.3 is 0 Å². The zero-order chi connectivity index (χ0) is 13.9. The first-order valence-corrected chi connectivity index (χ1v) is 6.13. The molecule has 0 aliphatic heterocycles. The van der Waals surface area contributed by atoms with Gasteiger partial charge in [-0.3, -0.25) is 4.79 Å². The highest BCUT2D eigenvalue weighted by Crippen LogP contribution is 2.22. The molecular weight excluding hydrogens is 306 g/mol. The van der Waals surface area contributed by atoms with E-state index in [9.17, 15) is 13.6 Å². The van der Waals surface area contributed by atoms with Crippen molar-refractivity contribution in [2.24, 2.45) is 5.73 Å². The van der Waals surface area contributed by atoms with E-state index in [-0.39, 0.29) is 0 Å². The number of rotatable bonds is 4. The van der Waals surface area contributed by atoms with Crippen LogP contribution in [0.25, 0.3) is 0 Å². The minimum absolute atomic E-state index is 0.537. The van der Waals surface area contributed by atoms with Gasteiger partial charge in [-0.2, -0.15) is 0 Å². The molecule has 1 atom stereocenters. The maximum absolute atomic E-state index is 12.2. The molecule has 1 aromatic rings. The van der Waals surface area contributed by atoms with Crippen molar-refractivity contribution >= 4 is 21.8 Å². The van der Waals surface area contributed by atoms with Gasteiger partial charge in [0.1, 0.15) is 5.54 Å². The van der Waals surface area contributed by atoms with Crippen LogP contribution in [0.5, 0.6) is 0 Å². The van der Waals surface area contributed by atoms with E-state index in [2.05, 4.69) is 15.9 Å². The number of carbonyl (C=O) groups is 1. The number of hydrogen-bond acceptors (Lipinski definition) is 2. The highest BCUT2D eigenvalue weighted by atomic mass is 79.9. The molecule has 0 saturated heterocycles. The van der Waals surface area contributed by atoms with E-state index in [0.29, 0.717) is 5.56 Å². The number of halogens is 3. The van der Waals surface area contributed by atoms with Gasteiger partial charge in [0.25, 0.3) is 6.43 Å². The number of carbonyl (C=O) groups excluding carboxylic acids is 1. The van der Waals surface area contributed by atoms with Crippen molar-refractivity contribution in [3.63, 3.8) is 0 Å². The second-order valence-corrected chi connectivity index (χ2v) is 5.20. The molecule has 0 aromatic heterocycles. The molecule has 1 rings (SSSR count). The first kappa shape index (κ1) is 15.0. The van der Waals surface area contributed by atoms with Gasteiger partial charge in [0, 0.05) is 11.5 Å². The Labute approximate surface area is 113 Å². The molecule has 0 aliphatic rings. The summed E-state index contributed by atoms with van der Waals surface area (Å²) < 4.78 is 25.4. The SMILES string of the molecule is CN(CC(F)F)C(=O)C(C)(N)c1ccc(Br)cc1. The summed E-state index contributed by atoms with van der Waals surface area (Å²) in [5, 5.41) is 0. The van der Waals surface area contributed by atoms with Crippen molar-refractivity contribution in [1.82, 2.24) is 4.90 Å². The molecule has 0 fully saturated rings. The van der Waals surface area contributed by atoms with Gasteiger partial charge in [0.2, 0.25) is 5.91 Å². The fourth-order valence-corrected chi connectivity index (χ4v) is 1.87. The van der Waals surface area contributed by atoms with Crippen molar-refractivity contribution < 1.29 is 13.6 Å². The first-order chi connectivity index (χ1) is 8.25. The highest BCUT2D eigenvalue weighted by molar-refractivity contribution is 9.10. The number of alkyl halides is 2. The van der Waals surface area contributed by atoms with Gasteiger partial charge in [-0.25, -0.2) is 8.78 Å². The zero-order valence-electron chi connectivity index (χ0n) is 10.2. The van der Waals surface area contributed by atoms with Crippen molar-refractivity contribution in [3.05, 3.63) is 34.3 Å². The molecule has 1 aromatic carbocycles. The lowest BCUT2D eigenvalue weighted by Gasteiger charge is -2.29. The van der Waals surface area contributed by atoms with Gasteiger partial charge in [0.15, 0.2) is 0 Å². The van der Waals surface area contributed by atoms with E-state index in [1.807, 2.05) is 0 Å². The second kappa shape index (κ2) is 5.75. The Bertz CT molecular complexity index is 421. The summed E-state index contributed by atoms with van der Waals surface area (Å²) in [4.78, 5) is 13.0. The van der Waals surface area contributed by atoms with Crippen molar-refractivity contribution in [2.75, 3.05) is 13.6 Å². The molecule has 0 aliphatic carbocycles. The zero-order valence-corrected chi connectivity index (χ0v) is 11.7. The lowest BCUT2D eigenvalue weighted by molar-refractivity contribution is -0.137. The normalized spacial score (nSPS) is 14.4. The summed E-state index contributed by atoms with van der Waals surface area (Å²) in [6.07, 6.45) is -2.57. The average Bonchev–Trinajstić information content (AvgIpc) is 2.27. The van der Waals surface area contributed by atoms with E-state index in [4.69, 9.17) is 5.73 Å². The van der Waals surface area contributed by atoms with Crippen molar-refractivity contribution in [2.45, 2.75) is 18.9 Å². The largest absolute Gasteiger partial charge is 0.338 e. The summed E-state index contributed by atoms with van der Waals surface area (Å²) in [6, 6.07) is 6.89. The van der Waals surface area contributed by atoms with Crippen molar-refractivity contribution in [1.29, 1.82) is 0 Å². The van der Waals surface area contributed by atoms with Crippen LogP contribution in [0.15, 0.2) is 28.7 Å². The Hall–Kier alpha value is -1.01. The Morgan fingerprint density at radius 3 is 2.39 bits per heavy atom. The molecule has 6 heteroatoms. The molecule has 3 nitrogen and oxygen atoms in total. The third kappa shape index (κ3) is 3.49. The molecule has 0 radical (unpaired) electrons. The lowest BCUT2D eigenvalue weighted by Crippen LogP contribution is -2.50. The number of nitrogens with two attached hydrogens (primary N) is 1. The number of nitrogens with zero attached hydrogens (tertiary/aromatic N) is 1. The molecule has 0 saturated carbocycles. The van der Waals surface area contributed by atoms with E-state index < -0.39 is 24.4 Å². The minimum atomic E-state index is -2.57. The number of amides is 1. The van der Waals surface area contributed by atoms with Crippen LogP contribution in [0, 0.1) is 0 Å². The summed E-state index contributed by atoms with van der Waals surface area (Å²) in [6.45, 7) is 0.892. The Kier molecular flexibility index (Phi) is 4.81. The maximum Gasteiger partial charge on any atom is 0.255 e. The quantitative estimate of drug-likeness (QED) is 0.925. The van der Waals surface area contributed by atoms with Crippen LogP contribution >= 0.6 is 15.9 Å². The second-order valence-electron chi connectivity index (χ2n) is 4.29. The lowest BCUT2D eigenvalue weighted by atomic mass is 9.92. The van der Waals surface area contributed by atoms with Gasteiger partial charge in [-0.15, -0.1) is 0 Å². The van der Waals surface area contributed by atoms with Gasteiger partial charge in [0.05, 0.1) is 6.54 Å². The fraction of sp³-hybridized carbons (Fsp3) is 0.417. The van der Waals surface area contributed by atoms with Crippen LogP contribution in [0.3, 0.4) is 0 Å². The van der Waals surface area contributed by atoms with Gasteiger partial charge < -0.3 is 10.6 Å². The fourth-order valence-electron chi connectivity index (χ4n) is 1.61. The highest BCUT2D eigenvalue weighted by Gasteiger charge is 2.33. The molecule has 100 valence electrons. The Morgan fingerprint density at radius 1 is 1.44 bits per heavy atom. The van der Waals surface area contributed by atoms with Gasteiger partial charge in [-0.1, -0.05) is 28.1 Å². The first-order valence-electron chi connectivity index (χ1n) is 5.33. The van der Waals surface area contributed by atoms with Crippen LogP contribution in [-0.2, 0) is 10.3 Å². The average molecular weight is 321 g/mol. The Morgan fingerprint density at radius 2 is 1.94 bits per heavy atom. The van der Waals surface area contributed by atoms with E-state index in [1.165, 1.54) is 14.0 Å². The molecule has 18 heavy (non-hydrogen) atoms. The summed E-state index contributed by atoms with van der Waals surface area (Å²) in [5.74, 6) is -0.537. The van der Waals surface area contributed by atoms with Gasteiger partial charge in [-0.05, 0) is 24.6 Å². The van der Waals surface area contributed by atoms with Crippen LogP contribution < -0.4 is 5.73 Å². The third-order valence-corrected chi connectivity index (χ3v) is 3.18. The number of hydrogen-bond donors (Lipinski definition) is 1. The molecule has 0 heterocycles. The smallest absolute Gasteiger partial charge is 0.255 e. The minimum Gasteiger partial charge on any atom is -0.338 e. The summed E-state index contributed by atoms with van der Waals surface area (Å²) in [7, 11) is 1.32. The predicted molar refractivity (Wildman–Crippen MR) is 69.3 cm³/mol. The Balaban J connectivity index is 2.91. The molecule has 1 unspecified atom stereocenters. The monoisotopic (exact) mass is 320 g/mol. The maximum atomic E-state index is 12.2. The summed E-state index contributed by atoms with van der Waals surface area (Å²) >= 11 is 3.28. The molecular formula is C12H15BrF2N2O. The molecule has 0 bridgehead atoms. The van der Waals surface area contributed by atoms with Crippen molar-refractivity contribution in [3.8, 4) is 0 Å².